The summed E-state index contributed by atoms with van der Waals surface area (Å²) in [5.74, 6) is -1.76. The van der Waals surface area contributed by atoms with Crippen LogP contribution in [0.15, 0.2) is 73.2 Å². The smallest absolute Gasteiger partial charge is 0.404 e. The number of nitrogens with one attached hydrogen (secondary N) is 1. The van der Waals surface area contributed by atoms with Gasteiger partial charge in [-0.1, -0.05) is 18.2 Å². The van der Waals surface area contributed by atoms with E-state index in [-0.39, 0.29) is 11.3 Å². The number of carbonyl (C=O) groups is 1. The molecule has 2 aromatic carbocycles. The molecule has 172 valence electrons. The average Bonchev–Trinajstić information content (AvgIpc) is 3.23. The maximum atomic E-state index is 14.9. The molecule has 0 saturated heterocycles. The fraction of sp³-hybridized carbons (Fsp3) is 0.0417. The number of quaternary nitrogens is 1. The second kappa shape index (κ2) is 8.91. The highest BCUT2D eigenvalue weighted by Crippen LogP contribution is 2.32. The highest BCUT2D eigenvalue weighted by Gasteiger charge is 2.36. The van der Waals surface area contributed by atoms with Gasteiger partial charge in [0.15, 0.2) is 0 Å². The zero-order valence-corrected chi connectivity index (χ0v) is 17.5. The SMILES string of the molecule is N=CC(=CN)c1ccc2ncc(-c3ccc(C(=O)[NH2+]c4ccccc4C(F)(F)F)c(F)c3)n2c1. The molecule has 0 aliphatic rings. The van der Waals surface area contributed by atoms with E-state index in [2.05, 4.69) is 4.98 Å². The summed E-state index contributed by atoms with van der Waals surface area (Å²) in [6.45, 7) is 0. The van der Waals surface area contributed by atoms with Crippen molar-refractivity contribution in [2.75, 3.05) is 0 Å². The average molecular weight is 468 g/mol. The van der Waals surface area contributed by atoms with E-state index >= 15 is 0 Å². The number of allylic oxidation sites excluding steroid dienone is 1. The molecule has 4 rings (SSSR count). The third-order valence-corrected chi connectivity index (χ3v) is 5.26. The first kappa shape index (κ1) is 22.9. The molecule has 2 heterocycles. The van der Waals surface area contributed by atoms with Crippen LogP contribution in [0.1, 0.15) is 21.5 Å². The minimum absolute atomic E-state index is 0.340. The highest BCUT2D eigenvalue weighted by molar-refractivity contribution is 6.08. The Kier molecular flexibility index (Phi) is 5.99. The quantitative estimate of drug-likeness (QED) is 0.233. The minimum atomic E-state index is -4.64. The molecule has 0 aliphatic carbocycles. The van der Waals surface area contributed by atoms with Crippen LogP contribution in [0.3, 0.4) is 0 Å². The van der Waals surface area contributed by atoms with Crippen LogP contribution in [0.25, 0.3) is 22.5 Å². The van der Waals surface area contributed by atoms with Crippen LogP contribution in [-0.2, 0) is 6.18 Å². The van der Waals surface area contributed by atoms with Gasteiger partial charge in [0.1, 0.15) is 28.3 Å². The molecule has 0 radical (unpaired) electrons. The molecule has 0 saturated carbocycles. The molecule has 5 N–H and O–H groups in total. The number of halogens is 4. The molecule has 0 spiro atoms. The van der Waals surface area contributed by atoms with Gasteiger partial charge in [-0.15, -0.1) is 0 Å². The zero-order chi connectivity index (χ0) is 24.5. The van der Waals surface area contributed by atoms with E-state index < -0.39 is 23.5 Å². The number of benzene rings is 2. The molecular weight excluding hydrogens is 450 g/mol. The molecule has 0 atom stereocenters. The van der Waals surface area contributed by atoms with E-state index in [1.807, 2.05) is 0 Å². The number of carbonyl (C=O) groups excluding carboxylic acids is 1. The molecule has 0 aliphatic heterocycles. The summed E-state index contributed by atoms with van der Waals surface area (Å²) in [7, 11) is 0. The van der Waals surface area contributed by atoms with Crippen molar-refractivity contribution in [1.82, 2.24) is 9.38 Å². The van der Waals surface area contributed by atoms with E-state index in [9.17, 15) is 22.4 Å². The number of pyridine rings is 1. The van der Waals surface area contributed by atoms with E-state index in [4.69, 9.17) is 11.1 Å². The van der Waals surface area contributed by atoms with Gasteiger partial charge in [0.05, 0.1) is 11.9 Å². The Balaban J connectivity index is 1.67. The summed E-state index contributed by atoms with van der Waals surface area (Å²) >= 11 is 0. The van der Waals surface area contributed by atoms with Crippen molar-refractivity contribution in [2.45, 2.75) is 6.18 Å². The third-order valence-electron chi connectivity index (χ3n) is 5.26. The first-order valence-electron chi connectivity index (χ1n) is 9.98. The van der Waals surface area contributed by atoms with Crippen molar-refractivity contribution in [3.63, 3.8) is 0 Å². The Hall–Kier alpha value is -4.31. The summed E-state index contributed by atoms with van der Waals surface area (Å²) in [5, 5.41) is 8.24. The normalized spacial score (nSPS) is 12.2. The van der Waals surface area contributed by atoms with Crippen molar-refractivity contribution >= 4 is 29.0 Å². The zero-order valence-electron chi connectivity index (χ0n) is 17.5. The van der Waals surface area contributed by atoms with Crippen LogP contribution in [0.4, 0.5) is 23.2 Å². The summed E-state index contributed by atoms with van der Waals surface area (Å²) in [6, 6.07) is 11.9. The number of nitrogens with two attached hydrogens (primary N) is 2. The van der Waals surface area contributed by atoms with Crippen molar-refractivity contribution in [1.29, 1.82) is 5.41 Å². The lowest BCUT2D eigenvalue weighted by atomic mass is 10.1. The van der Waals surface area contributed by atoms with E-state index in [1.165, 1.54) is 36.7 Å². The van der Waals surface area contributed by atoms with Crippen molar-refractivity contribution < 1.29 is 27.7 Å². The third kappa shape index (κ3) is 4.30. The number of hydrogen-bond acceptors (Lipinski definition) is 4. The number of imidazole rings is 1. The van der Waals surface area contributed by atoms with E-state index in [0.29, 0.717) is 28.0 Å². The second-order valence-electron chi connectivity index (χ2n) is 7.34. The summed E-state index contributed by atoms with van der Waals surface area (Å²) in [6.07, 6.45) is 0.968. The molecule has 0 fully saturated rings. The maximum absolute atomic E-state index is 14.9. The first-order valence-corrected chi connectivity index (χ1v) is 9.98. The van der Waals surface area contributed by atoms with Crippen LogP contribution in [-0.4, -0.2) is 21.5 Å². The molecule has 1 amide bonds. The lowest BCUT2D eigenvalue weighted by molar-refractivity contribution is -0.466. The van der Waals surface area contributed by atoms with Gasteiger partial charge in [-0.3, -0.25) is 4.40 Å². The Labute approximate surface area is 190 Å². The van der Waals surface area contributed by atoms with E-state index in [0.717, 1.165) is 29.7 Å². The van der Waals surface area contributed by atoms with Gasteiger partial charge in [-0.05, 0) is 30.3 Å². The Morgan fingerprint density at radius 1 is 1.12 bits per heavy atom. The highest BCUT2D eigenvalue weighted by atomic mass is 19.4. The number of para-hydroxylation sites is 1. The molecule has 10 heteroatoms. The van der Waals surface area contributed by atoms with Crippen LogP contribution >= 0.6 is 0 Å². The van der Waals surface area contributed by atoms with Gasteiger partial charge < -0.3 is 11.1 Å². The number of nitrogens with zero attached hydrogens (tertiary/aromatic N) is 2. The topological polar surface area (TPSA) is 101 Å². The number of fused-ring (bicyclic) bond motifs is 1. The van der Waals surface area contributed by atoms with Crippen LogP contribution in [0.2, 0.25) is 0 Å². The fourth-order valence-corrected chi connectivity index (χ4v) is 3.57. The summed E-state index contributed by atoms with van der Waals surface area (Å²) in [4.78, 5) is 16.9. The van der Waals surface area contributed by atoms with Crippen molar-refractivity contribution in [2.24, 2.45) is 5.73 Å². The number of primary amides is 1. The van der Waals surface area contributed by atoms with Crippen LogP contribution < -0.4 is 11.1 Å². The van der Waals surface area contributed by atoms with Crippen molar-refractivity contribution in [3.8, 4) is 11.3 Å². The molecular formula is C24H18F4N5O+. The van der Waals surface area contributed by atoms with Crippen LogP contribution in [0, 0.1) is 11.2 Å². The molecule has 34 heavy (non-hydrogen) atoms. The largest absolute Gasteiger partial charge is 0.422 e. The monoisotopic (exact) mass is 468 g/mol. The Morgan fingerprint density at radius 2 is 1.88 bits per heavy atom. The molecule has 4 aromatic rings. The molecule has 0 bridgehead atoms. The number of alkyl halides is 3. The van der Waals surface area contributed by atoms with Gasteiger partial charge >= 0.3 is 12.1 Å². The van der Waals surface area contributed by atoms with Gasteiger partial charge in [-0.25, -0.2) is 19.5 Å². The van der Waals surface area contributed by atoms with Gasteiger partial charge in [0.2, 0.25) is 0 Å². The number of aromatic nitrogens is 2. The molecule has 2 aromatic heterocycles. The van der Waals surface area contributed by atoms with Crippen LogP contribution in [0.5, 0.6) is 0 Å². The van der Waals surface area contributed by atoms with Gasteiger partial charge in [0.25, 0.3) is 0 Å². The second-order valence-corrected chi connectivity index (χ2v) is 7.34. The number of hydrogen-bond donors (Lipinski definition) is 3. The lowest BCUT2D eigenvalue weighted by Gasteiger charge is -2.10. The molecule has 0 unspecified atom stereocenters. The number of rotatable bonds is 5. The first-order chi connectivity index (χ1) is 16.2. The van der Waals surface area contributed by atoms with E-state index in [1.54, 1.807) is 22.7 Å². The fourth-order valence-electron chi connectivity index (χ4n) is 3.57. The predicted molar refractivity (Wildman–Crippen MR) is 119 cm³/mol. The summed E-state index contributed by atoms with van der Waals surface area (Å²) < 4.78 is 56.2. The number of amides is 1. The van der Waals surface area contributed by atoms with Gasteiger partial charge in [0, 0.05) is 41.4 Å². The molecule has 6 nitrogen and oxygen atoms in total. The minimum Gasteiger partial charge on any atom is -0.404 e. The predicted octanol–water partition coefficient (Wildman–Crippen LogP) is 4.14. The maximum Gasteiger partial charge on any atom is 0.422 e. The standard InChI is InChI=1S/C24H17F4N5O/c25-19-9-14(21-12-31-22-8-6-15(13-33(21)22)16(10-29)11-30)5-7-17(19)23(34)32-20-4-2-1-3-18(20)24(26,27)28/h1-13,29H,30H2,(H,32,34)/p+1. The van der Waals surface area contributed by atoms with Gasteiger partial charge in [-0.2, -0.15) is 13.2 Å². The summed E-state index contributed by atoms with van der Waals surface area (Å²) in [5.41, 5.74) is 6.49. The van der Waals surface area contributed by atoms with Crippen molar-refractivity contribution in [3.05, 3.63) is 95.7 Å². The Morgan fingerprint density at radius 3 is 2.56 bits per heavy atom. The Bertz CT molecular complexity index is 1440. The lowest BCUT2D eigenvalue weighted by Crippen LogP contribution is -2.82.